The van der Waals surface area contributed by atoms with E-state index in [-0.39, 0.29) is 18.5 Å². The van der Waals surface area contributed by atoms with Gasteiger partial charge in [0.15, 0.2) is 0 Å². The molecule has 1 aliphatic carbocycles. The van der Waals surface area contributed by atoms with Crippen molar-refractivity contribution in [1.29, 1.82) is 0 Å². The average molecular weight is 525 g/mol. The molecule has 2 aromatic rings. The summed E-state index contributed by atoms with van der Waals surface area (Å²) in [5.41, 5.74) is -1.22. The SMILES string of the molecule is CC(C)(c1cccc(C2(NCC(O)C(Cc3cc(F)cc(F)c3)N(C(=O)O)C(C)(C)C)CC2)c1)C(F)F. The first-order chi connectivity index (χ1) is 17.1. The molecule has 37 heavy (non-hydrogen) atoms. The molecule has 3 rings (SSSR count). The minimum Gasteiger partial charge on any atom is -0.465 e. The maximum absolute atomic E-state index is 13.8. The Balaban J connectivity index is 1.86. The smallest absolute Gasteiger partial charge is 0.408 e. The Kier molecular flexibility index (Phi) is 8.29. The molecule has 0 saturated heterocycles. The number of alkyl halides is 2. The number of rotatable bonds is 10. The summed E-state index contributed by atoms with van der Waals surface area (Å²) >= 11 is 0. The second kappa shape index (κ2) is 10.6. The van der Waals surface area contributed by atoms with Crippen molar-refractivity contribution in [3.63, 3.8) is 0 Å². The van der Waals surface area contributed by atoms with E-state index >= 15 is 0 Å². The zero-order valence-corrected chi connectivity index (χ0v) is 21.9. The van der Waals surface area contributed by atoms with Crippen LogP contribution < -0.4 is 5.32 Å². The van der Waals surface area contributed by atoms with Crippen molar-refractivity contribution in [3.05, 3.63) is 70.8 Å². The Morgan fingerprint density at radius 3 is 2.14 bits per heavy atom. The van der Waals surface area contributed by atoms with Crippen molar-refractivity contribution in [1.82, 2.24) is 10.2 Å². The topological polar surface area (TPSA) is 72.8 Å². The zero-order chi connectivity index (χ0) is 27.8. The van der Waals surface area contributed by atoms with Crippen molar-refractivity contribution in [2.24, 2.45) is 0 Å². The normalized spacial score (nSPS) is 16.9. The van der Waals surface area contributed by atoms with Gasteiger partial charge in [-0.25, -0.2) is 22.4 Å². The van der Waals surface area contributed by atoms with E-state index in [9.17, 15) is 32.6 Å². The van der Waals surface area contributed by atoms with E-state index in [0.717, 1.165) is 41.5 Å². The van der Waals surface area contributed by atoms with Crippen LogP contribution in [0.3, 0.4) is 0 Å². The van der Waals surface area contributed by atoms with Gasteiger partial charge in [-0.1, -0.05) is 38.1 Å². The number of hydrogen-bond acceptors (Lipinski definition) is 3. The molecule has 1 amide bonds. The van der Waals surface area contributed by atoms with Crippen molar-refractivity contribution < 1.29 is 32.6 Å². The predicted molar refractivity (Wildman–Crippen MR) is 134 cm³/mol. The summed E-state index contributed by atoms with van der Waals surface area (Å²) < 4.78 is 54.9. The predicted octanol–water partition coefficient (Wildman–Crippen LogP) is 5.84. The van der Waals surface area contributed by atoms with Gasteiger partial charge in [0.25, 0.3) is 0 Å². The fourth-order valence-corrected chi connectivity index (χ4v) is 4.77. The van der Waals surface area contributed by atoms with Gasteiger partial charge in [0.2, 0.25) is 6.43 Å². The third kappa shape index (κ3) is 6.62. The van der Waals surface area contributed by atoms with Crippen LogP contribution in [0.1, 0.15) is 64.2 Å². The van der Waals surface area contributed by atoms with E-state index in [1.807, 2.05) is 6.07 Å². The van der Waals surface area contributed by atoms with Crippen LogP contribution in [0.5, 0.6) is 0 Å². The molecule has 3 N–H and O–H groups in total. The highest BCUT2D eigenvalue weighted by Gasteiger charge is 2.46. The third-order valence-corrected chi connectivity index (χ3v) is 7.18. The number of halogens is 4. The molecule has 0 aromatic heterocycles. The maximum Gasteiger partial charge on any atom is 0.408 e. The van der Waals surface area contributed by atoms with Gasteiger partial charge in [0.05, 0.1) is 17.6 Å². The Hall–Kier alpha value is -2.65. The zero-order valence-electron chi connectivity index (χ0n) is 21.9. The minimum absolute atomic E-state index is 0.00913. The lowest BCUT2D eigenvalue weighted by Gasteiger charge is -2.42. The molecule has 0 bridgehead atoms. The van der Waals surface area contributed by atoms with Crippen LogP contribution in [0.4, 0.5) is 22.4 Å². The minimum atomic E-state index is -2.54. The van der Waals surface area contributed by atoms with E-state index in [0.29, 0.717) is 5.56 Å². The summed E-state index contributed by atoms with van der Waals surface area (Å²) in [5, 5.41) is 24.5. The number of aliphatic hydroxyl groups is 1. The molecular formula is C28H36F4N2O3. The quantitative estimate of drug-likeness (QED) is 0.342. The Labute approximate surface area is 215 Å². The largest absolute Gasteiger partial charge is 0.465 e. The van der Waals surface area contributed by atoms with Gasteiger partial charge in [0, 0.05) is 23.7 Å². The van der Waals surface area contributed by atoms with Crippen LogP contribution in [0.2, 0.25) is 0 Å². The van der Waals surface area contributed by atoms with Crippen molar-refractivity contribution in [2.75, 3.05) is 6.54 Å². The van der Waals surface area contributed by atoms with Gasteiger partial charge >= 0.3 is 6.09 Å². The van der Waals surface area contributed by atoms with Crippen LogP contribution in [0.15, 0.2) is 42.5 Å². The molecule has 1 saturated carbocycles. The number of nitrogens with zero attached hydrogens (tertiary/aromatic N) is 1. The van der Waals surface area contributed by atoms with Crippen LogP contribution in [-0.4, -0.2) is 51.9 Å². The second-order valence-corrected chi connectivity index (χ2v) is 11.5. The molecular weight excluding hydrogens is 488 g/mol. The number of carboxylic acid groups (broad SMARTS) is 1. The fourth-order valence-electron chi connectivity index (χ4n) is 4.77. The van der Waals surface area contributed by atoms with Crippen molar-refractivity contribution in [3.8, 4) is 0 Å². The van der Waals surface area contributed by atoms with Crippen molar-refractivity contribution >= 4 is 6.09 Å². The highest BCUT2D eigenvalue weighted by atomic mass is 19.3. The molecule has 2 unspecified atom stereocenters. The van der Waals surface area contributed by atoms with Crippen LogP contribution >= 0.6 is 0 Å². The van der Waals surface area contributed by atoms with Gasteiger partial charge in [-0.2, -0.15) is 0 Å². The van der Waals surface area contributed by atoms with Gasteiger partial charge in [-0.3, -0.25) is 4.90 Å². The molecule has 0 spiro atoms. The van der Waals surface area contributed by atoms with Gasteiger partial charge in [-0.05, 0) is 68.9 Å². The first kappa shape index (κ1) is 28.9. The summed E-state index contributed by atoms with van der Waals surface area (Å²) in [7, 11) is 0. The third-order valence-electron chi connectivity index (χ3n) is 7.18. The highest BCUT2D eigenvalue weighted by Crippen LogP contribution is 2.46. The number of aliphatic hydroxyl groups excluding tert-OH is 1. The number of carbonyl (C=O) groups is 1. The molecule has 204 valence electrons. The number of amides is 1. The van der Waals surface area contributed by atoms with Crippen LogP contribution in [0, 0.1) is 11.6 Å². The van der Waals surface area contributed by atoms with Gasteiger partial charge < -0.3 is 15.5 Å². The molecule has 2 aromatic carbocycles. The Morgan fingerprint density at radius 2 is 1.65 bits per heavy atom. The summed E-state index contributed by atoms with van der Waals surface area (Å²) in [6.07, 6.45) is -3.69. The molecule has 1 aliphatic rings. The summed E-state index contributed by atoms with van der Waals surface area (Å²) in [4.78, 5) is 13.3. The van der Waals surface area contributed by atoms with Crippen molar-refractivity contribution in [2.45, 2.75) is 88.9 Å². The molecule has 2 atom stereocenters. The molecule has 0 heterocycles. The molecule has 0 aliphatic heterocycles. The molecule has 9 heteroatoms. The second-order valence-electron chi connectivity index (χ2n) is 11.5. The van der Waals surface area contributed by atoms with E-state index in [4.69, 9.17) is 0 Å². The lowest BCUT2D eigenvalue weighted by molar-refractivity contribution is 0.00643. The monoisotopic (exact) mass is 524 g/mol. The standard InChI is InChI=1S/C28H36F4N2O3/c1-26(2,3)34(25(36)37)22(13-17-11-20(29)15-21(30)12-17)23(35)16-33-28(9-10-28)19-8-6-7-18(14-19)27(4,5)24(31)32/h6-8,11-12,14-15,22-24,33,35H,9-10,13,16H2,1-5H3,(H,36,37). The fraction of sp³-hybridized carbons (Fsp3) is 0.536. The summed E-state index contributed by atoms with van der Waals surface area (Å²) in [6, 6.07) is 8.98. The Bertz CT molecular complexity index is 1090. The van der Waals surface area contributed by atoms with E-state index in [1.165, 1.54) is 13.8 Å². The highest BCUT2D eigenvalue weighted by molar-refractivity contribution is 5.66. The van der Waals surface area contributed by atoms with Gasteiger partial charge in [0.1, 0.15) is 11.6 Å². The first-order valence-corrected chi connectivity index (χ1v) is 12.4. The first-order valence-electron chi connectivity index (χ1n) is 12.4. The van der Waals surface area contributed by atoms with Crippen LogP contribution in [0.25, 0.3) is 0 Å². The average Bonchev–Trinajstić information content (AvgIpc) is 3.56. The summed E-state index contributed by atoms with van der Waals surface area (Å²) in [6.45, 7) is 8.00. The lowest BCUT2D eigenvalue weighted by Crippen LogP contribution is -2.58. The van der Waals surface area contributed by atoms with Crippen LogP contribution in [-0.2, 0) is 17.4 Å². The molecule has 0 radical (unpaired) electrons. The van der Waals surface area contributed by atoms with E-state index in [2.05, 4.69) is 5.32 Å². The molecule has 1 fully saturated rings. The van der Waals surface area contributed by atoms with E-state index < -0.39 is 52.8 Å². The van der Waals surface area contributed by atoms with E-state index in [1.54, 1.807) is 39.0 Å². The number of benzene rings is 2. The Morgan fingerprint density at radius 1 is 1.05 bits per heavy atom. The number of nitrogens with one attached hydrogen (secondary N) is 1. The lowest BCUT2D eigenvalue weighted by atomic mass is 9.83. The molecule has 5 nitrogen and oxygen atoms in total. The number of hydrogen-bond donors (Lipinski definition) is 3. The summed E-state index contributed by atoms with van der Waals surface area (Å²) in [5.74, 6) is -1.58. The van der Waals surface area contributed by atoms with Gasteiger partial charge in [-0.15, -0.1) is 0 Å². The maximum atomic E-state index is 13.8.